The molecule has 1 atom stereocenters. The molecule has 2 heterocycles. The minimum atomic E-state index is -0.675. The predicted octanol–water partition coefficient (Wildman–Crippen LogP) is 3.98. The van der Waals surface area contributed by atoms with Gasteiger partial charge in [-0.3, -0.25) is 4.79 Å². The average molecular weight is 428 g/mol. The van der Waals surface area contributed by atoms with Crippen molar-refractivity contribution >= 4 is 27.7 Å². The molecule has 4 aromatic rings. The summed E-state index contributed by atoms with van der Waals surface area (Å²) < 4.78 is 10.8. The predicted molar refractivity (Wildman–Crippen MR) is 123 cm³/mol. The van der Waals surface area contributed by atoms with E-state index in [4.69, 9.17) is 9.47 Å². The summed E-state index contributed by atoms with van der Waals surface area (Å²) in [7, 11) is 1.66. The quantitative estimate of drug-likeness (QED) is 0.420. The summed E-state index contributed by atoms with van der Waals surface area (Å²) in [6.07, 6.45) is -0.141. The molecule has 6 nitrogen and oxygen atoms in total. The third-order valence-corrected chi connectivity index (χ3v) is 6.64. The van der Waals surface area contributed by atoms with Gasteiger partial charge in [-0.1, -0.05) is 30.3 Å². The van der Waals surface area contributed by atoms with E-state index in [1.54, 1.807) is 7.11 Å². The number of aliphatic hydroxyl groups is 1. The number of methoxy groups -OCH3 is 1. The van der Waals surface area contributed by atoms with Crippen molar-refractivity contribution in [2.24, 2.45) is 0 Å². The topological polar surface area (TPSA) is 83.6 Å². The Labute approximate surface area is 185 Å². The molecule has 0 saturated carbocycles. The van der Waals surface area contributed by atoms with Crippen molar-refractivity contribution < 1.29 is 19.4 Å². The van der Waals surface area contributed by atoms with Gasteiger partial charge in [0.1, 0.15) is 0 Å². The highest BCUT2D eigenvalue weighted by molar-refractivity contribution is 6.19. The lowest BCUT2D eigenvalue weighted by molar-refractivity contribution is 0.0617. The van der Waals surface area contributed by atoms with Gasteiger partial charge in [-0.25, -0.2) is 0 Å². The third kappa shape index (κ3) is 2.80. The second kappa shape index (κ2) is 7.45. The van der Waals surface area contributed by atoms with Gasteiger partial charge >= 0.3 is 0 Å². The minimum absolute atomic E-state index is 0.0737. The zero-order chi connectivity index (χ0) is 21.8. The smallest absolute Gasteiger partial charge is 0.252 e. The Morgan fingerprint density at radius 3 is 2.88 bits per heavy atom. The number of rotatable bonds is 5. The number of hydrogen-bond acceptors (Lipinski definition) is 4. The van der Waals surface area contributed by atoms with E-state index in [1.165, 1.54) is 0 Å². The standard InChI is InChI=1S/C26H24N2O4/c1-31-8-9-32-13-14-6-7-19-17(10-14)21-18-12-27-26(30)23(18)22-16-5-3-2-4-15(16)11-20(29)24(22)25(21)28-19/h2-7,10,20,28-29H,8-9,11-13H2,1H3,(H,27,30). The van der Waals surface area contributed by atoms with Crippen LogP contribution in [0.5, 0.6) is 0 Å². The van der Waals surface area contributed by atoms with Gasteiger partial charge < -0.3 is 24.9 Å². The number of fused-ring (bicyclic) bond motifs is 10. The van der Waals surface area contributed by atoms with Crippen molar-refractivity contribution in [3.63, 3.8) is 0 Å². The van der Waals surface area contributed by atoms with E-state index in [0.29, 0.717) is 38.3 Å². The van der Waals surface area contributed by atoms with Crippen LogP contribution in [-0.4, -0.2) is 36.3 Å². The SMILES string of the molecule is COCCOCc1ccc2[nH]c3c4c(c5c(c3c2c1)CNC5=O)-c1ccccc1CC4O. The number of carbonyl (C=O) groups excluding carboxylic acids is 1. The van der Waals surface area contributed by atoms with E-state index < -0.39 is 6.10 Å². The molecule has 1 aliphatic carbocycles. The molecule has 32 heavy (non-hydrogen) atoms. The number of carbonyl (C=O) groups is 1. The molecule has 1 aliphatic heterocycles. The van der Waals surface area contributed by atoms with Gasteiger partial charge in [0.05, 0.1) is 37.0 Å². The summed E-state index contributed by atoms with van der Waals surface area (Å²) in [4.78, 5) is 16.5. The number of ether oxygens (including phenoxy) is 2. The Morgan fingerprint density at radius 2 is 2.00 bits per heavy atom. The molecule has 0 radical (unpaired) electrons. The molecule has 0 bridgehead atoms. The van der Waals surface area contributed by atoms with Crippen molar-refractivity contribution in [3.05, 3.63) is 70.3 Å². The second-order valence-electron chi connectivity index (χ2n) is 8.50. The maximum absolute atomic E-state index is 13.0. The van der Waals surface area contributed by atoms with Crippen molar-refractivity contribution in [3.8, 4) is 11.1 Å². The van der Waals surface area contributed by atoms with Crippen LogP contribution in [-0.2, 0) is 29.0 Å². The lowest BCUT2D eigenvalue weighted by atomic mass is 9.79. The molecule has 1 amide bonds. The largest absolute Gasteiger partial charge is 0.388 e. The highest BCUT2D eigenvalue weighted by atomic mass is 16.5. The van der Waals surface area contributed by atoms with Gasteiger partial charge in [-0.05, 0) is 34.4 Å². The zero-order valence-electron chi connectivity index (χ0n) is 17.8. The first-order valence-electron chi connectivity index (χ1n) is 10.9. The molecule has 1 aromatic heterocycles. The van der Waals surface area contributed by atoms with E-state index in [-0.39, 0.29) is 5.91 Å². The Morgan fingerprint density at radius 1 is 1.12 bits per heavy atom. The number of benzene rings is 3. The van der Waals surface area contributed by atoms with E-state index in [1.807, 2.05) is 24.3 Å². The molecule has 2 aliphatic rings. The molecule has 3 N–H and O–H groups in total. The number of hydrogen-bond donors (Lipinski definition) is 3. The maximum Gasteiger partial charge on any atom is 0.252 e. The fourth-order valence-electron chi connectivity index (χ4n) is 5.26. The maximum atomic E-state index is 13.0. The van der Waals surface area contributed by atoms with Crippen LogP contribution < -0.4 is 5.32 Å². The van der Waals surface area contributed by atoms with Crippen LogP contribution in [0.25, 0.3) is 32.9 Å². The molecule has 0 saturated heterocycles. The molecule has 1 unspecified atom stereocenters. The first-order chi connectivity index (χ1) is 15.7. The Balaban J connectivity index is 1.61. The lowest BCUT2D eigenvalue weighted by Crippen LogP contribution is -2.17. The Bertz CT molecular complexity index is 1390. The van der Waals surface area contributed by atoms with E-state index in [0.717, 1.165) is 55.2 Å². The summed E-state index contributed by atoms with van der Waals surface area (Å²) in [5, 5.41) is 16.3. The molecular formula is C26H24N2O4. The molecular weight excluding hydrogens is 404 g/mol. The summed E-state index contributed by atoms with van der Waals surface area (Å²) >= 11 is 0. The number of aromatic nitrogens is 1. The van der Waals surface area contributed by atoms with Crippen LogP contribution in [0.2, 0.25) is 0 Å². The second-order valence-corrected chi connectivity index (χ2v) is 8.50. The van der Waals surface area contributed by atoms with Crippen LogP contribution in [0.3, 0.4) is 0 Å². The fraction of sp³-hybridized carbons (Fsp3) is 0.269. The number of H-pyrrole nitrogens is 1. The zero-order valence-corrected chi connectivity index (χ0v) is 17.8. The number of aliphatic hydroxyl groups excluding tert-OH is 1. The summed E-state index contributed by atoms with van der Waals surface area (Å²) in [6, 6.07) is 14.3. The lowest BCUT2D eigenvalue weighted by Gasteiger charge is -2.27. The number of aromatic amines is 1. The highest BCUT2D eigenvalue weighted by Crippen LogP contribution is 2.48. The van der Waals surface area contributed by atoms with E-state index >= 15 is 0 Å². The van der Waals surface area contributed by atoms with E-state index in [2.05, 4.69) is 28.5 Å². The summed E-state index contributed by atoms with van der Waals surface area (Å²) in [5.74, 6) is -0.0737. The van der Waals surface area contributed by atoms with E-state index in [9.17, 15) is 9.90 Å². The van der Waals surface area contributed by atoms with Gasteiger partial charge in [0.15, 0.2) is 0 Å². The van der Waals surface area contributed by atoms with Crippen molar-refractivity contribution in [2.75, 3.05) is 20.3 Å². The van der Waals surface area contributed by atoms with Gasteiger partial charge in [0.2, 0.25) is 0 Å². The normalized spacial score (nSPS) is 16.8. The molecule has 162 valence electrons. The molecule has 6 heteroatoms. The summed E-state index contributed by atoms with van der Waals surface area (Å²) in [6.45, 7) is 2.07. The molecule has 0 spiro atoms. The highest BCUT2D eigenvalue weighted by Gasteiger charge is 2.36. The third-order valence-electron chi connectivity index (χ3n) is 6.64. The van der Waals surface area contributed by atoms with Gasteiger partial charge in [-0.2, -0.15) is 0 Å². The molecule has 6 rings (SSSR count). The van der Waals surface area contributed by atoms with Crippen molar-refractivity contribution in [2.45, 2.75) is 25.7 Å². The number of amides is 1. The van der Waals surface area contributed by atoms with Crippen LogP contribution >= 0.6 is 0 Å². The first kappa shape index (κ1) is 19.5. The average Bonchev–Trinajstić information content (AvgIpc) is 3.36. The molecule has 0 fully saturated rings. The van der Waals surface area contributed by atoms with Crippen LogP contribution in [0.15, 0.2) is 42.5 Å². The Kier molecular flexibility index (Phi) is 4.54. The van der Waals surface area contributed by atoms with Crippen LogP contribution in [0.1, 0.15) is 38.7 Å². The minimum Gasteiger partial charge on any atom is -0.388 e. The van der Waals surface area contributed by atoms with Gasteiger partial charge in [-0.15, -0.1) is 0 Å². The van der Waals surface area contributed by atoms with Gasteiger partial charge in [0, 0.05) is 47.5 Å². The fourth-order valence-corrected chi connectivity index (χ4v) is 5.26. The number of nitrogens with one attached hydrogen (secondary N) is 2. The van der Waals surface area contributed by atoms with Gasteiger partial charge in [0.25, 0.3) is 5.91 Å². The monoisotopic (exact) mass is 428 g/mol. The summed E-state index contributed by atoms with van der Waals surface area (Å²) in [5.41, 5.74) is 8.46. The first-order valence-corrected chi connectivity index (χ1v) is 10.9. The van der Waals surface area contributed by atoms with Crippen LogP contribution in [0.4, 0.5) is 0 Å². The van der Waals surface area contributed by atoms with Crippen molar-refractivity contribution in [1.29, 1.82) is 0 Å². The van der Waals surface area contributed by atoms with Crippen molar-refractivity contribution in [1.82, 2.24) is 10.3 Å². The molecule has 3 aromatic carbocycles. The Hall–Kier alpha value is -3.19. The van der Waals surface area contributed by atoms with Crippen LogP contribution in [0, 0.1) is 0 Å².